The normalized spacial score (nSPS) is 9.88. The molecule has 2 aromatic carbocycles. The van der Waals surface area contributed by atoms with Crippen LogP contribution in [-0.4, -0.2) is 6.61 Å². The number of benzene rings is 2. The summed E-state index contributed by atoms with van der Waals surface area (Å²) in [5.74, 6) is 1.58. The molecule has 0 saturated carbocycles. The van der Waals surface area contributed by atoms with Gasteiger partial charge in [0.15, 0.2) is 0 Å². The van der Waals surface area contributed by atoms with E-state index in [0.717, 1.165) is 22.3 Å². The van der Waals surface area contributed by atoms with Crippen LogP contribution in [0.2, 0.25) is 0 Å². The van der Waals surface area contributed by atoms with Gasteiger partial charge < -0.3 is 9.47 Å². The summed E-state index contributed by atoms with van der Waals surface area (Å²) in [7, 11) is 0. The summed E-state index contributed by atoms with van der Waals surface area (Å²) in [6, 6.07) is 11.8. The first-order valence-electron chi connectivity index (χ1n) is 5.39. The minimum atomic E-state index is 0.492. The maximum atomic E-state index is 5.60. The molecule has 0 bridgehead atoms. The van der Waals surface area contributed by atoms with Crippen LogP contribution in [0, 0.1) is 0 Å². The van der Waals surface area contributed by atoms with Crippen LogP contribution in [-0.2, 0) is 0 Å². The molecule has 2 aromatic rings. The SMILES string of the molecule is C=CCOc1cccc2ccc(OC=C)cc12. The lowest BCUT2D eigenvalue weighted by molar-refractivity contribution is 0.367. The third kappa shape index (κ3) is 2.48. The van der Waals surface area contributed by atoms with Crippen LogP contribution in [0.25, 0.3) is 10.8 Å². The highest BCUT2D eigenvalue weighted by Crippen LogP contribution is 2.29. The van der Waals surface area contributed by atoms with Crippen molar-refractivity contribution in [1.82, 2.24) is 0 Å². The standard InChI is InChI=1S/C15H14O2/c1-3-10-17-15-7-5-6-12-8-9-13(16-4-2)11-14(12)15/h3-9,11H,1-2,10H2. The maximum Gasteiger partial charge on any atom is 0.127 e. The summed E-state index contributed by atoms with van der Waals surface area (Å²) < 4.78 is 10.9. The van der Waals surface area contributed by atoms with Crippen LogP contribution in [0.1, 0.15) is 0 Å². The average molecular weight is 226 g/mol. The predicted molar refractivity (Wildman–Crippen MR) is 70.5 cm³/mol. The molecule has 0 saturated heterocycles. The van der Waals surface area contributed by atoms with Gasteiger partial charge >= 0.3 is 0 Å². The van der Waals surface area contributed by atoms with Crippen LogP contribution < -0.4 is 9.47 Å². The Balaban J connectivity index is 2.47. The van der Waals surface area contributed by atoms with Crippen molar-refractivity contribution < 1.29 is 9.47 Å². The molecule has 2 nitrogen and oxygen atoms in total. The molecule has 0 atom stereocenters. The summed E-state index contributed by atoms with van der Waals surface area (Å²) in [4.78, 5) is 0. The van der Waals surface area contributed by atoms with Gasteiger partial charge in [0, 0.05) is 5.39 Å². The summed E-state index contributed by atoms with van der Waals surface area (Å²) in [5, 5.41) is 2.14. The van der Waals surface area contributed by atoms with Gasteiger partial charge in [-0.05, 0) is 23.6 Å². The summed E-state index contributed by atoms with van der Waals surface area (Å²) in [6.45, 7) is 7.67. The van der Waals surface area contributed by atoms with Crippen LogP contribution >= 0.6 is 0 Å². The van der Waals surface area contributed by atoms with Gasteiger partial charge in [0.05, 0.1) is 6.26 Å². The van der Waals surface area contributed by atoms with E-state index in [0.29, 0.717) is 6.61 Å². The Morgan fingerprint density at radius 2 is 2.00 bits per heavy atom. The second-order valence-corrected chi connectivity index (χ2v) is 3.52. The summed E-state index contributed by atoms with van der Waals surface area (Å²) in [6.07, 6.45) is 3.14. The van der Waals surface area contributed by atoms with E-state index in [-0.39, 0.29) is 0 Å². The van der Waals surface area contributed by atoms with Gasteiger partial charge in [-0.2, -0.15) is 0 Å². The molecule has 86 valence electrons. The highest BCUT2D eigenvalue weighted by Gasteiger charge is 2.03. The monoisotopic (exact) mass is 226 g/mol. The molecule has 2 rings (SSSR count). The van der Waals surface area contributed by atoms with Crippen molar-refractivity contribution in [2.45, 2.75) is 0 Å². The molecule has 0 aliphatic rings. The van der Waals surface area contributed by atoms with Gasteiger partial charge in [-0.3, -0.25) is 0 Å². The fourth-order valence-electron chi connectivity index (χ4n) is 1.67. The van der Waals surface area contributed by atoms with Gasteiger partial charge in [-0.25, -0.2) is 0 Å². The first-order valence-corrected chi connectivity index (χ1v) is 5.39. The Labute approximate surface area is 101 Å². The number of rotatable bonds is 5. The van der Waals surface area contributed by atoms with E-state index >= 15 is 0 Å². The Morgan fingerprint density at radius 3 is 2.76 bits per heavy atom. The Morgan fingerprint density at radius 1 is 1.12 bits per heavy atom. The molecule has 0 fully saturated rings. The van der Waals surface area contributed by atoms with Crippen LogP contribution in [0.4, 0.5) is 0 Å². The Hall–Kier alpha value is -2.22. The first kappa shape index (κ1) is 11.3. The zero-order valence-electron chi connectivity index (χ0n) is 9.56. The van der Waals surface area contributed by atoms with Crippen molar-refractivity contribution in [2.24, 2.45) is 0 Å². The van der Waals surface area contributed by atoms with Gasteiger partial charge in [-0.1, -0.05) is 37.4 Å². The molecule has 0 amide bonds. The number of ether oxygens (including phenoxy) is 2. The van der Waals surface area contributed by atoms with E-state index in [1.165, 1.54) is 6.26 Å². The van der Waals surface area contributed by atoms with E-state index in [1.807, 2.05) is 36.4 Å². The van der Waals surface area contributed by atoms with Crippen LogP contribution in [0.3, 0.4) is 0 Å². The van der Waals surface area contributed by atoms with Gasteiger partial charge in [0.1, 0.15) is 18.1 Å². The van der Waals surface area contributed by atoms with Crippen molar-refractivity contribution in [2.75, 3.05) is 6.61 Å². The first-order chi connectivity index (χ1) is 8.35. The van der Waals surface area contributed by atoms with E-state index in [9.17, 15) is 0 Å². The van der Waals surface area contributed by atoms with Crippen LogP contribution in [0.15, 0.2) is 61.9 Å². The zero-order chi connectivity index (χ0) is 12.1. The molecule has 0 heterocycles. The van der Waals surface area contributed by atoms with E-state index in [4.69, 9.17) is 9.47 Å². The molecule has 0 aromatic heterocycles. The third-order valence-corrected chi connectivity index (χ3v) is 2.39. The molecule has 0 N–H and O–H groups in total. The largest absolute Gasteiger partial charge is 0.489 e. The van der Waals surface area contributed by atoms with Gasteiger partial charge in [-0.15, -0.1) is 0 Å². The quantitative estimate of drug-likeness (QED) is 0.568. The van der Waals surface area contributed by atoms with Crippen molar-refractivity contribution in [1.29, 1.82) is 0 Å². The van der Waals surface area contributed by atoms with Crippen molar-refractivity contribution in [3.63, 3.8) is 0 Å². The topological polar surface area (TPSA) is 18.5 Å². The zero-order valence-corrected chi connectivity index (χ0v) is 9.56. The molecule has 17 heavy (non-hydrogen) atoms. The van der Waals surface area contributed by atoms with E-state index in [1.54, 1.807) is 6.08 Å². The molecule has 0 spiro atoms. The molecule has 0 radical (unpaired) electrons. The number of hydrogen-bond donors (Lipinski definition) is 0. The Bertz CT molecular complexity index is 544. The fourth-order valence-corrected chi connectivity index (χ4v) is 1.67. The molecule has 0 unspecified atom stereocenters. The van der Waals surface area contributed by atoms with Crippen LogP contribution in [0.5, 0.6) is 11.5 Å². The van der Waals surface area contributed by atoms with Crippen molar-refractivity contribution >= 4 is 10.8 Å². The molecule has 0 aliphatic heterocycles. The minimum absolute atomic E-state index is 0.492. The second-order valence-electron chi connectivity index (χ2n) is 3.52. The molecular formula is C15H14O2. The lowest BCUT2D eigenvalue weighted by atomic mass is 10.1. The van der Waals surface area contributed by atoms with Gasteiger partial charge in [0.2, 0.25) is 0 Å². The summed E-state index contributed by atoms with van der Waals surface area (Å²) >= 11 is 0. The van der Waals surface area contributed by atoms with E-state index in [2.05, 4.69) is 13.2 Å². The lowest BCUT2D eigenvalue weighted by Crippen LogP contribution is -1.93. The highest BCUT2D eigenvalue weighted by molar-refractivity contribution is 5.89. The maximum absolute atomic E-state index is 5.60. The molecular weight excluding hydrogens is 212 g/mol. The highest BCUT2D eigenvalue weighted by atomic mass is 16.5. The summed E-state index contributed by atoms with van der Waals surface area (Å²) in [5.41, 5.74) is 0. The fraction of sp³-hybridized carbons (Fsp3) is 0.0667. The molecule has 2 heteroatoms. The Kier molecular flexibility index (Phi) is 3.46. The van der Waals surface area contributed by atoms with Gasteiger partial charge in [0.25, 0.3) is 0 Å². The molecule has 0 aliphatic carbocycles. The predicted octanol–water partition coefficient (Wildman–Crippen LogP) is 3.93. The van der Waals surface area contributed by atoms with E-state index < -0.39 is 0 Å². The second kappa shape index (κ2) is 5.21. The van der Waals surface area contributed by atoms with Crippen molar-refractivity contribution in [3.05, 3.63) is 61.9 Å². The number of fused-ring (bicyclic) bond motifs is 1. The lowest BCUT2D eigenvalue weighted by Gasteiger charge is -2.08. The number of hydrogen-bond acceptors (Lipinski definition) is 2. The van der Waals surface area contributed by atoms with Crippen molar-refractivity contribution in [3.8, 4) is 11.5 Å². The smallest absolute Gasteiger partial charge is 0.127 e. The third-order valence-electron chi connectivity index (χ3n) is 2.39. The minimum Gasteiger partial charge on any atom is -0.489 e. The average Bonchev–Trinajstić information content (AvgIpc) is 2.36.